The monoisotopic (exact) mass is 191 g/mol. The zero-order valence-corrected chi connectivity index (χ0v) is 8.42. The first-order valence-electron chi connectivity index (χ1n) is 5.69. The van der Waals surface area contributed by atoms with Crippen LogP contribution in [-0.2, 0) is 0 Å². The maximum Gasteiger partial charge on any atom is 0.111 e. The number of aromatic nitrogens is 2. The summed E-state index contributed by atoms with van der Waals surface area (Å²) < 4.78 is 0. The van der Waals surface area contributed by atoms with Gasteiger partial charge in [0.15, 0.2) is 0 Å². The van der Waals surface area contributed by atoms with Crippen molar-refractivity contribution in [2.45, 2.75) is 37.5 Å². The fraction of sp³-hybridized carbons (Fsp3) is 0.727. The van der Waals surface area contributed by atoms with Crippen LogP contribution in [0.5, 0.6) is 0 Å². The highest BCUT2D eigenvalue weighted by Gasteiger charge is 2.24. The predicted octanol–water partition coefficient (Wildman–Crippen LogP) is 1.75. The molecule has 1 aliphatic carbocycles. The molecule has 2 aliphatic rings. The second-order valence-electron chi connectivity index (χ2n) is 4.56. The molecule has 3 nitrogen and oxygen atoms in total. The number of nitrogens with one attached hydrogen (secondary N) is 2. The second-order valence-corrected chi connectivity index (χ2v) is 4.56. The molecule has 0 bridgehead atoms. The molecule has 0 spiro atoms. The van der Waals surface area contributed by atoms with E-state index >= 15 is 0 Å². The maximum absolute atomic E-state index is 4.49. The Kier molecular flexibility index (Phi) is 2.05. The molecule has 1 saturated carbocycles. The third-order valence-corrected chi connectivity index (χ3v) is 3.58. The van der Waals surface area contributed by atoms with Gasteiger partial charge in [0, 0.05) is 36.8 Å². The van der Waals surface area contributed by atoms with Crippen LogP contribution >= 0.6 is 0 Å². The molecule has 1 aliphatic heterocycles. The smallest absolute Gasteiger partial charge is 0.111 e. The first-order chi connectivity index (χ1) is 6.93. The Morgan fingerprint density at radius 1 is 1.14 bits per heavy atom. The predicted molar refractivity (Wildman–Crippen MR) is 55.4 cm³/mol. The van der Waals surface area contributed by atoms with Crippen molar-refractivity contribution in [1.29, 1.82) is 0 Å². The van der Waals surface area contributed by atoms with E-state index in [-0.39, 0.29) is 0 Å². The lowest BCUT2D eigenvalue weighted by Gasteiger charge is -2.24. The number of H-pyrrole nitrogens is 1. The molecule has 3 heteroatoms. The maximum atomic E-state index is 4.49. The number of hydrogen-bond acceptors (Lipinski definition) is 2. The molecule has 0 radical (unpaired) electrons. The second kappa shape index (κ2) is 3.39. The highest BCUT2D eigenvalue weighted by atomic mass is 15.0. The van der Waals surface area contributed by atoms with Gasteiger partial charge in [-0.1, -0.05) is 12.8 Å². The van der Waals surface area contributed by atoms with Crippen LogP contribution in [0, 0.1) is 0 Å². The fourth-order valence-corrected chi connectivity index (χ4v) is 2.49. The van der Waals surface area contributed by atoms with Crippen molar-refractivity contribution in [2.24, 2.45) is 0 Å². The SMILES string of the molecule is c1nc(C2CNC2)[nH]c1C1CCCC1. The van der Waals surface area contributed by atoms with E-state index in [2.05, 4.69) is 21.5 Å². The Bertz CT molecular complexity index is 308. The lowest BCUT2D eigenvalue weighted by atomic mass is 10.0. The van der Waals surface area contributed by atoms with Crippen molar-refractivity contribution in [3.05, 3.63) is 17.7 Å². The number of aromatic amines is 1. The van der Waals surface area contributed by atoms with Crippen LogP contribution in [0.25, 0.3) is 0 Å². The van der Waals surface area contributed by atoms with Gasteiger partial charge in [0.2, 0.25) is 0 Å². The summed E-state index contributed by atoms with van der Waals surface area (Å²) in [6.07, 6.45) is 7.55. The third-order valence-electron chi connectivity index (χ3n) is 3.58. The van der Waals surface area contributed by atoms with Gasteiger partial charge in [-0.25, -0.2) is 4.98 Å². The van der Waals surface area contributed by atoms with Crippen LogP contribution in [0.4, 0.5) is 0 Å². The van der Waals surface area contributed by atoms with Gasteiger partial charge in [0.25, 0.3) is 0 Å². The highest BCUT2D eigenvalue weighted by Crippen LogP contribution is 2.33. The topological polar surface area (TPSA) is 40.7 Å². The number of rotatable bonds is 2. The van der Waals surface area contributed by atoms with Crippen LogP contribution in [0.2, 0.25) is 0 Å². The van der Waals surface area contributed by atoms with Gasteiger partial charge in [-0.2, -0.15) is 0 Å². The van der Waals surface area contributed by atoms with Crippen molar-refractivity contribution in [3.63, 3.8) is 0 Å². The van der Waals surface area contributed by atoms with Crippen LogP contribution in [-0.4, -0.2) is 23.1 Å². The largest absolute Gasteiger partial charge is 0.345 e. The van der Waals surface area contributed by atoms with Crippen molar-refractivity contribution < 1.29 is 0 Å². The van der Waals surface area contributed by atoms with Gasteiger partial charge in [-0.05, 0) is 12.8 Å². The van der Waals surface area contributed by atoms with Crippen LogP contribution in [0.1, 0.15) is 49.0 Å². The van der Waals surface area contributed by atoms with Crippen LogP contribution < -0.4 is 5.32 Å². The van der Waals surface area contributed by atoms with Gasteiger partial charge in [0.05, 0.1) is 0 Å². The summed E-state index contributed by atoms with van der Waals surface area (Å²) in [4.78, 5) is 7.99. The van der Waals surface area contributed by atoms with Gasteiger partial charge in [0.1, 0.15) is 5.82 Å². The molecule has 0 atom stereocenters. The molecule has 2 N–H and O–H groups in total. The molecule has 2 heterocycles. The minimum Gasteiger partial charge on any atom is -0.345 e. The van der Waals surface area contributed by atoms with E-state index in [9.17, 15) is 0 Å². The van der Waals surface area contributed by atoms with E-state index in [1.54, 1.807) is 0 Å². The van der Waals surface area contributed by atoms with Crippen LogP contribution in [0.15, 0.2) is 6.20 Å². The normalized spacial score (nSPS) is 24.0. The lowest BCUT2D eigenvalue weighted by molar-refractivity contribution is 0.432. The molecule has 0 aromatic carbocycles. The molecule has 14 heavy (non-hydrogen) atoms. The first kappa shape index (κ1) is 8.48. The van der Waals surface area contributed by atoms with E-state index < -0.39 is 0 Å². The van der Waals surface area contributed by atoms with Gasteiger partial charge in [-0.15, -0.1) is 0 Å². The molecule has 3 rings (SSSR count). The Labute approximate surface area is 84.3 Å². The minimum atomic E-state index is 0.644. The molecule has 0 amide bonds. The van der Waals surface area contributed by atoms with Crippen LogP contribution in [0.3, 0.4) is 0 Å². The van der Waals surface area contributed by atoms with Crippen molar-refractivity contribution in [2.75, 3.05) is 13.1 Å². The Morgan fingerprint density at radius 3 is 2.57 bits per heavy atom. The van der Waals surface area contributed by atoms with Gasteiger partial charge >= 0.3 is 0 Å². The zero-order valence-electron chi connectivity index (χ0n) is 8.42. The average Bonchev–Trinajstić information content (AvgIpc) is 2.65. The summed E-state index contributed by atoms with van der Waals surface area (Å²) in [7, 11) is 0. The fourth-order valence-electron chi connectivity index (χ4n) is 2.49. The number of hydrogen-bond donors (Lipinski definition) is 2. The molecule has 2 fully saturated rings. The molecule has 0 unspecified atom stereocenters. The van der Waals surface area contributed by atoms with Gasteiger partial charge < -0.3 is 10.3 Å². The Balaban J connectivity index is 1.75. The first-order valence-corrected chi connectivity index (χ1v) is 5.69. The summed E-state index contributed by atoms with van der Waals surface area (Å²) >= 11 is 0. The summed E-state index contributed by atoms with van der Waals surface area (Å²) in [6, 6.07) is 0. The zero-order chi connectivity index (χ0) is 9.38. The number of nitrogens with zero attached hydrogens (tertiary/aromatic N) is 1. The lowest BCUT2D eigenvalue weighted by Crippen LogP contribution is -2.40. The molecule has 1 aromatic rings. The van der Waals surface area contributed by atoms with E-state index in [0.29, 0.717) is 5.92 Å². The van der Waals surface area contributed by atoms with E-state index in [4.69, 9.17) is 0 Å². The highest BCUT2D eigenvalue weighted by molar-refractivity contribution is 5.13. The van der Waals surface area contributed by atoms with Gasteiger partial charge in [-0.3, -0.25) is 0 Å². The van der Waals surface area contributed by atoms with E-state index in [0.717, 1.165) is 19.0 Å². The Hall–Kier alpha value is -0.830. The summed E-state index contributed by atoms with van der Waals surface area (Å²) in [5.41, 5.74) is 1.38. The number of imidazole rings is 1. The molecule has 1 saturated heterocycles. The molecular formula is C11H17N3. The average molecular weight is 191 g/mol. The summed E-state index contributed by atoms with van der Waals surface area (Å²) in [6.45, 7) is 2.19. The van der Waals surface area contributed by atoms with E-state index in [1.807, 2.05) is 0 Å². The van der Waals surface area contributed by atoms with E-state index in [1.165, 1.54) is 37.2 Å². The third kappa shape index (κ3) is 1.36. The Morgan fingerprint density at radius 2 is 1.93 bits per heavy atom. The minimum absolute atomic E-state index is 0.644. The van der Waals surface area contributed by atoms with Crippen molar-refractivity contribution in [3.8, 4) is 0 Å². The van der Waals surface area contributed by atoms with Crippen molar-refractivity contribution >= 4 is 0 Å². The molecule has 76 valence electrons. The van der Waals surface area contributed by atoms with Crippen molar-refractivity contribution in [1.82, 2.24) is 15.3 Å². The summed E-state index contributed by atoms with van der Waals surface area (Å²) in [5.74, 6) is 2.61. The molecule has 1 aromatic heterocycles. The summed E-state index contributed by atoms with van der Waals surface area (Å²) in [5, 5.41) is 3.28. The quantitative estimate of drug-likeness (QED) is 0.747. The molecular weight excluding hydrogens is 174 g/mol. The standard InChI is InChI=1S/C11H17N3/c1-2-4-8(3-1)10-7-13-11(14-10)9-5-12-6-9/h7-9,12H,1-6H2,(H,13,14).